The van der Waals surface area contributed by atoms with Crippen LogP contribution >= 0.6 is 15.9 Å². The number of para-hydroxylation sites is 1. The van der Waals surface area contributed by atoms with Gasteiger partial charge in [0.25, 0.3) is 0 Å². The van der Waals surface area contributed by atoms with E-state index in [0.717, 1.165) is 10.0 Å². The molecule has 2 aromatic carbocycles. The number of carbonyl (C=O) groups is 1. The Hall–Kier alpha value is -2.86. The number of carbonyl (C=O) groups excluding carboxylic acids is 1. The quantitative estimate of drug-likeness (QED) is 0.484. The van der Waals surface area contributed by atoms with Crippen LogP contribution in [-0.2, 0) is 4.74 Å². The molecule has 0 aliphatic rings. The molecule has 5 nitrogen and oxygen atoms in total. The summed E-state index contributed by atoms with van der Waals surface area (Å²) in [6.45, 7) is 2.00. The predicted molar refractivity (Wildman–Crippen MR) is 106 cm³/mol. The Bertz CT molecular complexity index is 1190. The highest BCUT2D eigenvalue weighted by Gasteiger charge is 2.23. The number of fused-ring (bicyclic) bond motifs is 2. The number of hydrogen-bond donors (Lipinski definition) is 2. The van der Waals surface area contributed by atoms with Gasteiger partial charge in [-0.25, -0.2) is 4.79 Å². The summed E-state index contributed by atoms with van der Waals surface area (Å²) < 4.78 is 6.10. The van der Waals surface area contributed by atoms with Crippen molar-refractivity contribution in [3.63, 3.8) is 0 Å². The maximum atomic E-state index is 13.1. The second-order valence-electron chi connectivity index (χ2n) is 5.85. The minimum Gasteiger partial charge on any atom is -0.461 e. The first-order valence-corrected chi connectivity index (χ1v) is 8.99. The maximum absolute atomic E-state index is 13.1. The van der Waals surface area contributed by atoms with E-state index >= 15 is 0 Å². The minimum absolute atomic E-state index is 0.126. The molecular formula is C20H15BrN2O3. The van der Waals surface area contributed by atoms with Gasteiger partial charge in [-0.3, -0.25) is 4.79 Å². The van der Waals surface area contributed by atoms with Crippen LogP contribution in [0.15, 0.2) is 57.8 Å². The zero-order valence-corrected chi connectivity index (χ0v) is 15.5. The number of rotatable bonds is 3. The molecule has 0 spiro atoms. The van der Waals surface area contributed by atoms with Gasteiger partial charge in [0, 0.05) is 15.4 Å². The van der Waals surface area contributed by atoms with Crippen LogP contribution < -0.4 is 5.43 Å². The van der Waals surface area contributed by atoms with E-state index in [4.69, 9.17) is 4.74 Å². The van der Waals surface area contributed by atoms with Crippen LogP contribution in [0, 0.1) is 0 Å². The molecule has 2 heterocycles. The molecule has 6 heteroatoms. The SMILES string of the molecule is CCOC(=O)c1[nH]c2[nH]c3ccccc3c(=O)c2c1-c1ccc(Br)cc1. The molecule has 26 heavy (non-hydrogen) atoms. The fourth-order valence-corrected chi connectivity index (χ4v) is 3.41. The Morgan fingerprint density at radius 1 is 1.08 bits per heavy atom. The largest absolute Gasteiger partial charge is 0.461 e. The van der Waals surface area contributed by atoms with Crippen molar-refractivity contribution < 1.29 is 9.53 Å². The van der Waals surface area contributed by atoms with E-state index in [2.05, 4.69) is 25.9 Å². The summed E-state index contributed by atoms with van der Waals surface area (Å²) in [5.41, 5.74) is 2.69. The average Bonchev–Trinajstić information content (AvgIpc) is 3.02. The molecule has 0 fully saturated rings. The maximum Gasteiger partial charge on any atom is 0.355 e. The highest BCUT2D eigenvalue weighted by atomic mass is 79.9. The molecule has 4 rings (SSSR count). The number of nitrogens with one attached hydrogen (secondary N) is 2. The van der Waals surface area contributed by atoms with Crippen molar-refractivity contribution >= 4 is 43.8 Å². The number of hydrogen-bond acceptors (Lipinski definition) is 3. The van der Waals surface area contributed by atoms with Crippen LogP contribution in [0.4, 0.5) is 0 Å². The molecule has 0 saturated carbocycles. The number of H-pyrrole nitrogens is 2. The third-order valence-corrected chi connectivity index (χ3v) is 4.80. The van der Waals surface area contributed by atoms with Gasteiger partial charge in [0.2, 0.25) is 0 Å². The molecule has 4 aromatic rings. The summed E-state index contributed by atoms with van der Waals surface area (Å²) in [5, 5.41) is 1.03. The molecule has 2 N–H and O–H groups in total. The smallest absolute Gasteiger partial charge is 0.355 e. The number of pyridine rings is 1. The molecule has 0 amide bonds. The zero-order valence-electron chi connectivity index (χ0n) is 13.9. The minimum atomic E-state index is -0.488. The van der Waals surface area contributed by atoms with E-state index in [0.29, 0.717) is 27.5 Å². The first-order chi connectivity index (χ1) is 12.6. The van der Waals surface area contributed by atoms with Crippen molar-refractivity contribution in [2.75, 3.05) is 6.61 Å². The summed E-state index contributed by atoms with van der Waals surface area (Å²) in [7, 11) is 0. The van der Waals surface area contributed by atoms with E-state index in [9.17, 15) is 9.59 Å². The Morgan fingerprint density at radius 2 is 1.81 bits per heavy atom. The Labute approximate surface area is 157 Å². The van der Waals surface area contributed by atoms with Crippen LogP contribution in [-0.4, -0.2) is 22.5 Å². The second kappa shape index (κ2) is 6.46. The summed E-state index contributed by atoms with van der Waals surface area (Å²) in [6, 6.07) is 14.8. The van der Waals surface area contributed by atoms with Crippen LogP contribution in [0.1, 0.15) is 17.4 Å². The van der Waals surface area contributed by atoms with Crippen LogP contribution in [0.2, 0.25) is 0 Å². The molecule has 0 bridgehead atoms. The fourth-order valence-electron chi connectivity index (χ4n) is 3.14. The van der Waals surface area contributed by atoms with Gasteiger partial charge in [0.1, 0.15) is 11.3 Å². The lowest BCUT2D eigenvalue weighted by Gasteiger charge is -2.05. The molecule has 0 atom stereocenters. The van der Waals surface area contributed by atoms with Gasteiger partial charge in [-0.05, 0) is 36.8 Å². The highest BCUT2D eigenvalue weighted by Crippen LogP contribution is 2.32. The van der Waals surface area contributed by atoms with E-state index in [1.807, 2.05) is 42.5 Å². The predicted octanol–water partition coefficient (Wildman–Crippen LogP) is 4.62. The van der Waals surface area contributed by atoms with Gasteiger partial charge >= 0.3 is 5.97 Å². The summed E-state index contributed by atoms with van der Waals surface area (Å²) in [4.78, 5) is 31.9. The summed E-state index contributed by atoms with van der Waals surface area (Å²) in [5.74, 6) is -0.488. The molecule has 0 aliphatic carbocycles. The van der Waals surface area contributed by atoms with Gasteiger partial charge in [-0.2, -0.15) is 0 Å². The van der Waals surface area contributed by atoms with Crippen molar-refractivity contribution in [2.45, 2.75) is 6.92 Å². The lowest BCUT2D eigenvalue weighted by Crippen LogP contribution is -2.07. The third kappa shape index (κ3) is 2.63. The van der Waals surface area contributed by atoms with E-state index in [1.54, 1.807) is 13.0 Å². The number of aromatic amines is 2. The standard InChI is InChI=1S/C20H15BrN2O3/c1-2-26-20(25)17-15(11-7-9-12(21)10-8-11)16-18(24)13-5-3-4-6-14(13)22-19(16)23-17/h3-10H,2H2,1H3,(H2,22,23,24). The van der Waals surface area contributed by atoms with Gasteiger partial charge < -0.3 is 14.7 Å². The lowest BCUT2D eigenvalue weighted by molar-refractivity contribution is 0.0521. The van der Waals surface area contributed by atoms with Gasteiger partial charge in [-0.15, -0.1) is 0 Å². The monoisotopic (exact) mass is 410 g/mol. The molecule has 0 aliphatic heterocycles. The molecule has 0 radical (unpaired) electrons. The van der Waals surface area contributed by atoms with Crippen molar-refractivity contribution in [2.24, 2.45) is 0 Å². The van der Waals surface area contributed by atoms with Gasteiger partial charge in [-0.1, -0.05) is 40.2 Å². The number of benzene rings is 2. The van der Waals surface area contributed by atoms with Crippen molar-refractivity contribution in [3.8, 4) is 11.1 Å². The first kappa shape index (κ1) is 16.6. The van der Waals surface area contributed by atoms with Crippen molar-refractivity contribution in [1.29, 1.82) is 0 Å². The number of halogens is 1. The van der Waals surface area contributed by atoms with E-state index in [1.165, 1.54) is 0 Å². The van der Waals surface area contributed by atoms with Crippen molar-refractivity contribution in [1.82, 2.24) is 9.97 Å². The molecule has 130 valence electrons. The molecule has 2 aromatic heterocycles. The van der Waals surface area contributed by atoms with Gasteiger partial charge in [0.05, 0.1) is 17.5 Å². The Kier molecular flexibility index (Phi) is 4.12. The topological polar surface area (TPSA) is 75.0 Å². The number of aromatic nitrogens is 2. The Morgan fingerprint density at radius 3 is 2.54 bits per heavy atom. The molecular weight excluding hydrogens is 396 g/mol. The van der Waals surface area contributed by atoms with Crippen LogP contribution in [0.25, 0.3) is 33.1 Å². The average molecular weight is 411 g/mol. The van der Waals surface area contributed by atoms with Gasteiger partial charge in [0.15, 0.2) is 5.43 Å². The second-order valence-corrected chi connectivity index (χ2v) is 6.77. The third-order valence-electron chi connectivity index (χ3n) is 4.27. The molecule has 0 saturated heterocycles. The van der Waals surface area contributed by atoms with Crippen LogP contribution in [0.3, 0.4) is 0 Å². The zero-order chi connectivity index (χ0) is 18.3. The fraction of sp³-hybridized carbons (Fsp3) is 0.100. The lowest BCUT2D eigenvalue weighted by atomic mass is 10.0. The highest BCUT2D eigenvalue weighted by molar-refractivity contribution is 9.10. The van der Waals surface area contributed by atoms with Crippen molar-refractivity contribution in [3.05, 3.63) is 68.9 Å². The number of esters is 1. The summed E-state index contributed by atoms with van der Waals surface area (Å²) in [6.07, 6.45) is 0. The van der Waals surface area contributed by atoms with E-state index in [-0.39, 0.29) is 17.7 Å². The Balaban J connectivity index is 2.12. The number of ether oxygens (including phenoxy) is 1. The molecule has 0 unspecified atom stereocenters. The first-order valence-electron chi connectivity index (χ1n) is 8.20. The van der Waals surface area contributed by atoms with Crippen LogP contribution in [0.5, 0.6) is 0 Å². The van der Waals surface area contributed by atoms with E-state index < -0.39 is 5.97 Å². The normalized spacial score (nSPS) is 11.2. The summed E-state index contributed by atoms with van der Waals surface area (Å²) >= 11 is 3.41.